The fourth-order valence-electron chi connectivity index (χ4n) is 4.15. The second-order valence-corrected chi connectivity index (χ2v) is 8.42. The molecule has 1 aliphatic carbocycles. The summed E-state index contributed by atoms with van der Waals surface area (Å²) >= 11 is 0. The summed E-state index contributed by atoms with van der Waals surface area (Å²) in [6.07, 6.45) is 6.15. The molecule has 2 fully saturated rings. The quantitative estimate of drug-likeness (QED) is 0.807. The minimum atomic E-state index is 0.378. The van der Waals surface area contributed by atoms with Crippen molar-refractivity contribution in [3.8, 4) is 0 Å². The molecule has 146 valence electrons. The Kier molecular flexibility index (Phi) is 5.12. The van der Waals surface area contributed by atoms with Crippen LogP contribution >= 0.6 is 0 Å². The van der Waals surface area contributed by atoms with Crippen molar-refractivity contribution in [2.45, 2.75) is 57.4 Å². The molecule has 0 aromatic carbocycles. The molecule has 0 bridgehead atoms. The van der Waals surface area contributed by atoms with Crippen LogP contribution in [0.3, 0.4) is 0 Å². The average Bonchev–Trinajstić information content (AvgIpc) is 2.93. The van der Waals surface area contributed by atoms with Crippen molar-refractivity contribution in [1.29, 1.82) is 0 Å². The summed E-state index contributed by atoms with van der Waals surface area (Å²) in [5.74, 6) is 4.02. The Morgan fingerprint density at radius 2 is 1.85 bits per heavy atom. The van der Waals surface area contributed by atoms with E-state index in [-0.39, 0.29) is 0 Å². The lowest BCUT2D eigenvalue weighted by molar-refractivity contribution is 0.382. The molecular formula is C20H31N7. The fraction of sp³-hybridized carbons (Fsp3) is 0.700. The van der Waals surface area contributed by atoms with Crippen LogP contribution in [0.2, 0.25) is 0 Å². The molecule has 7 nitrogen and oxygen atoms in total. The highest BCUT2D eigenvalue weighted by molar-refractivity contribution is 5.35. The summed E-state index contributed by atoms with van der Waals surface area (Å²) in [6, 6.07) is 2.17. The van der Waals surface area contributed by atoms with Crippen molar-refractivity contribution in [2.75, 3.05) is 32.1 Å². The van der Waals surface area contributed by atoms with Crippen LogP contribution in [0.1, 0.15) is 67.0 Å². The first-order chi connectivity index (χ1) is 13.0. The first kappa shape index (κ1) is 18.3. The predicted molar refractivity (Wildman–Crippen MR) is 106 cm³/mol. The van der Waals surface area contributed by atoms with Crippen molar-refractivity contribution in [3.63, 3.8) is 0 Å². The number of piperidine rings is 1. The molecule has 3 heterocycles. The SMILES string of the molecule is Cc1cc(C2CCC2)nc(N2CCC[C@@H](c3nnc(CN(C)C)n3C)C2)n1. The predicted octanol–water partition coefficient (Wildman–Crippen LogP) is 2.63. The van der Waals surface area contributed by atoms with Gasteiger partial charge in [0.15, 0.2) is 0 Å². The largest absolute Gasteiger partial charge is 0.340 e. The second kappa shape index (κ2) is 7.54. The van der Waals surface area contributed by atoms with E-state index in [9.17, 15) is 0 Å². The topological polar surface area (TPSA) is 63.0 Å². The van der Waals surface area contributed by atoms with Gasteiger partial charge in [-0.3, -0.25) is 0 Å². The lowest BCUT2D eigenvalue weighted by Gasteiger charge is -2.33. The summed E-state index contributed by atoms with van der Waals surface area (Å²) in [5, 5.41) is 8.95. The first-order valence-electron chi connectivity index (χ1n) is 10.1. The zero-order chi connectivity index (χ0) is 19.0. The molecule has 1 aliphatic heterocycles. The van der Waals surface area contributed by atoms with E-state index in [2.05, 4.69) is 58.7 Å². The van der Waals surface area contributed by atoms with Gasteiger partial charge in [-0.1, -0.05) is 6.42 Å². The van der Waals surface area contributed by atoms with E-state index in [1.54, 1.807) is 0 Å². The Balaban J connectivity index is 1.53. The Morgan fingerprint density at radius 1 is 1.07 bits per heavy atom. The van der Waals surface area contributed by atoms with Crippen molar-refractivity contribution in [2.24, 2.45) is 7.05 Å². The molecule has 0 N–H and O–H groups in total. The molecule has 2 aromatic rings. The van der Waals surface area contributed by atoms with Crippen LogP contribution in [0.15, 0.2) is 6.07 Å². The number of hydrogen-bond donors (Lipinski definition) is 0. The van der Waals surface area contributed by atoms with Crippen LogP contribution in [0, 0.1) is 6.92 Å². The molecule has 2 aliphatic rings. The highest BCUT2D eigenvalue weighted by atomic mass is 15.3. The summed E-state index contributed by atoms with van der Waals surface area (Å²) in [6.45, 7) is 4.84. The van der Waals surface area contributed by atoms with Gasteiger partial charge in [-0.15, -0.1) is 10.2 Å². The van der Waals surface area contributed by atoms with E-state index >= 15 is 0 Å². The lowest BCUT2D eigenvalue weighted by atomic mass is 9.82. The molecular weight excluding hydrogens is 338 g/mol. The van der Waals surface area contributed by atoms with Crippen molar-refractivity contribution < 1.29 is 0 Å². The van der Waals surface area contributed by atoms with E-state index in [4.69, 9.17) is 9.97 Å². The van der Waals surface area contributed by atoms with Gasteiger partial charge in [0.1, 0.15) is 11.6 Å². The highest BCUT2D eigenvalue weighted by Crippen LogP contribution is 2.36. The number of nitrogens with zero attached hydrogens (tertiary/aromatic N) is 7. The van der Waals surface area contributed by atoms with Crippen LogP contribution < -0.4 is 4.90 Å². The molecule has 1 atom stereocenters. The summed E-state index contributed by atoms with van der Waals surface area (Å²) in [7, 11) is 6.21. The third-order valence-electron chi connectivity index (χ3n) is 5.91. The number of rotatable bonds is 5. The molecule has 4 rings (SSSR count). The Hall–Kier alpha value is -2.02. The summed E-state index contributed by atoms with van der Waals surface area (Å²) in [5.41, 5.74) is 2.31. The summed E-state index contributed by atoms with van der Waals surface area (Å²) in [4.78, 5) is 14.2. The molecule has 0 amide bonds. The average molecular weight is 370 g/mol. The van der Waals surface area contributed by atoms with Crippen LogP contribution in [-0.2, 0) is 13.6 Å². The maximum Gasteiger partial charge on any atom is 0.225 e. The van der Waals surface area contributed by atoms with Gasteiger partial charge in [0, 0.05) is 43.4 Å². The molecule has 7 heteroatoms. The highest BCUT2D eigenvalue weighted by Gasteiger charge is 2.28. The first-order valence-corrected chi connectivity index (χ1v) is 10.1. The fourth-order valence-corrected chi connectivity index (χ4v) is 4.15. The normalized spacial score (nSPS) is 20.9. The molecule has 0 unspecified atom stereocenters. The zero-order valence-corrected chi connectivity index (χ0v) is 17.0. The third-order valence-corrected chi connectivity index (χ3v) is 5.91. The molecule has 0 spiro atoms. The van der Waals surface area contributed by atoms with Gasteiger partial charge in [0.25, 0.3) is 0 Å². The number of aryl methyl sites for hydroxylation is 1. The minimum Gasteiger partial charge on any atom is -0.340 e. The van der Waals surface area contributed by atoms with Gasteiger partial charge in [-0.25, -0.2) is 9.97 Å². The number of hydrogen-bond acceptors (Lipinski definition) is 6. The minimum absolute atomic E-state index is 0.378. The molecule has 1 saturated carbocycles. The van der Waals surface area contributed by atoms with Crippen LogP contribution in [-0.4, -0.2) is 56.8 Å². The van der Waals surface area contributed by atoms with E-state index < -0.39 is 0 Å². The van der Waals surface area contributed by atoms with E-state index in [1.165, 1.54) is 25.0 Å². The van der Waals surface area contributed by atoms with Crippen LogP contribution in [0.4, 0.5) is 5.95 Å². The Morgan fingerprint density at radius 3 is 2.56 bits per heavy atom. The maximum absolute atomic E-state index is 4.94. The Labute approximate surface area is 161 Å². The van der Waals surface area contributed by atoms with Gasteiger partial charge in [0.05, 0.1) is 6.54 Å². The van der Waals surface area contributed by atoms with Crippen molar-refractivity contribution >= 4 is 5.95 Å². The van der Waals surface area contributed by atoms with Crippen molar-refractivity contribution in [1.82, 2.24) is 29.6 Å². The van der Waals surface area contributed by atoms with Gasteiger partial charge < -0.3 is 14.4 Å². The van der Waals surface area contributed by atoms with Crippen molar-refractivity contribution in [3.05, 3.63) is 29.1 Å². The van der Waals surface area contributed by atoms with Gasteiger partial charge in [-0.05, 0) is 52.8 Å². The molecule has 2 aromatic heterocycles. The lowest BCUT2D eigenvalue weighted by Crippen LogP contribution is -2.37. The molecule has 0 radical (unpaired) electrons. The van der Waals surface area contributed by atoms with Crippen LogP contribution in [0.25, 0.3) is 0 Å². The van der Waals surface area contributed by atoms with E-state index in [0.717, 1.165) is 55.8 Å². The summed E-state index contributed by atoms with van der Waals surface area (Å²) < 4.78 is 2.17. The number of aromatic nitrogens is 5. The maximum atomic E-state index is 4.94. The van der Waals surface area contributed by atoms with Gasteiger partial charge in [0.2, 0.25) is 5.95 Å². The van der Waals surface area contributed by atoms with Gasteiger partial charge in [-0.2, -0.15) is 0 Å². The molecule has 1 saturated heterocycles. The van der Waals surface area contributed by atoms with Gasteiger partial charge >= 0.3 is 0 Å². The standard InChI is InChI=1S/C20H31N7/c1-14-11-17(15-7-5-8-15)22-20(21-14)27-10-6-9-16(12-27)19-24-23-18(26(19)4)13-25(2)3/h11,15-16H,5-10,12-13H2,1-4H3/t16-/m1/s1. The second-order valence-electron chi connectivity index (χ2n) is 8.42. The smallest absolute Gasteiger partial charge is 0.225 e. The van der Waals surface area contributed by atoms with Crippen LogP contribution in [0.5, 0.6) is 0 Å². The Bertz CT molecular complexity index is 794. The zero-order valence-electron chi connectivity index (χ0n) is 17.0. The monoisotopic (exact) mass is 369 g/mol. The molecule has 27 heavy (non-hydrogen) atoms. The van der Waals surface area contributed by atoms with E-state index in [1.807, 2.05) is 0 Å². The van der Waals surface area contributed by atoms with E-state index in [0.29, 0.717) is 11.8 Å². The number of anilines is 1. The third kappa shape index (κ3) is 3.83.